The van der Waals surface area contributed by atoms with Crippen LogP contribution in [0.5, 0.6) is 0 Å². The van der Waals surface area contributed by atoms with Crippen LogP contribution >= 0.6 is 27.3 Å². The molecular weight excluding hydrogens is 350 g/mol. The Morgan fingerprint density at radius 2 is 2.19 bits per heavy atom. The van der Waals surface area contributed by atoms with Crippen molar-refractivity contribution in [3.63, 3.8) is 0 Å². The smallest absolute Gasteiger partial charge is 0.252 e. The summed E-state index contributed by atoms with van der Waals surface area (Å²) in [4.78, 5) is 18.7. The fourth-order valence-electron chi connectivity index (χ4n) is 2.40. The summed E-state index contributed by atoms with van der Waals surface area (Å²) in [6.45, 7) is 2.67. The normalized spacial score (nSPS) is 14.4. The molecule has 0 spiro atoms. The van der Waals surface area contributed by atoms with E-state index in [1.54, 1.807) is 0 Å². The summed E-state index contributed by atoms with van der Waals surface area (Å²) >= 11 is 4.88. The zero-order chi connectivity index (χ0) is 14.7. The minimum absolute atomic E-state index is 0.0449. The van der Waals surface area contributed by atoms with Gasteiger partial charge in [0.15, 0.2) is 0 Å². The van der Waals surface area contributed by atoms with Crippen LogP contribution < -0.4 is 10.2 Å². The number of carbonyl (C=O) groups is 1. The van der Waals surface area contributed by atoms with Crippen LogP contribution in [0.3, 0.4) is 0 Å². The van der Waals surface area contributed by atoms with Crippen LogP contribution in [0.2, 0.25) is 0 Å². The third-order valence-corrected chi connectivity index (χ3v) is 5.03. The monoisotopic (exact) mass is 365 g/mol. The second-order valence-corrected chi connectivity index (χ2v) is 7.33. The van der Waals surface area contributed by atoms with Gasteiger partial charge in [0.2, 0.25) is 0 Å². The van der Waals surface area contributed by atoms with E-state index in [1.807, 2.05) is 23.7 Å². The van der Waals surface area contributed by atoms with E-state index in [-0.39, 0.29) is 5.91 Å². The molecule has 3 rings (SSSR count). The van der Waals surface area contributed by atoms with Crippen molar-refractivity contribution in [1.82, 2.24) is 10.3 Å². The second kappa shape index (κ2) is 6.58. The molecule has 0 aromatic carbocycles. The molecule has 0 aliphatic carbocycles. The van der Waals surface area contributed by atoms with Gasteiger partial charge in [0.1, 0.15) is 5.82 Å². The summed E-state index contributed by atoms with van der Waals surface area (Å²) in [5, 5.41) is 4.80. The van der Waals surface area contributed by atoms with Crippen molar-refractivity contribution in [1.29, 1.82) is 0 Å². The van der Waals surface area contributed by atoms with Gasteiger partial charge in [-0.3, -0.25) is 4.79 Å². The SMILES string of the molecule is O=C(NCc1ccnc(N2CCCC2)c1)c1csc(Br)c1. The van der Waals surface area contributed by atoms with Gasteiger partial charge in [-0.1, -0.05) is 0 Å². The zero-order valence-electron chi connectivity index (χ0n) is 11.5. The topological polar surface area (TPSA) is 45.2 Å². The van der Waals surface area contributed by atoms with Crippen molar-refractivity contribution in [2.45, 2.75) is 19.4 Å². The first-order chi connectivity index (χ1) is 10.2. The lowest BCUT2D eigenvalue weighted by Gasteiger charge is -2.16. The molecule has 1 aliphatic rings. The van der Waals surface area contributed by atoms with E-state index < -0.39 is 0 Å². The molecule has 1 saturated heterocycles. The van der Waals surface area contributed by atoms with Crippen LogP contribution in [-0.4, -0.2) is 24.0 Å². The summed E-state index contributed by atoms with van der Waals surface area (Å²) in [7, 11) is 0. The number of halogens is 1. The van der Waals surface area contributed by atoms with Crippen molar-refractivity contribution < 1.29 is 4.79 Å². The minimum Gasteiger partial charge on any atom is -0.357 e. The van der Waals surface area contributed by atoms with Crippen LogP contribution in [0.4, 0.5) is 5.82 Å². The Morgan fingerprint density at radius 3 is 2.90 bits per heavy atom. The number of aromatic nitrogens is 1. The van der Waals surface area contributed by atoms with Gasteiger partial charge in [0.05, 0.1) is 9.35 Å². The Labute approximate surface area is 136 Å². The number of nitrogens with zero attached hydrogens (tertiary/aromatic N) is 2. The number of amides is 1. The molecule has 4 nitrogen and oxygen atoms in total. The Morgan fingerprint density at radius 1 is 1.38 bits per heavy atom. The lowest BCUT2D eigenvalue weighted by Crippen LogP contribution is -2.23. The van der Waals surface area contributed by atoms with Gasteiger partial charge in [-0.05, 0) is 52.5 Å². The summed E-state index contributed by atoms with van der Waals surface area (Å²) in [5.41, 5.74) is 1.77. The highest BCUT2D eigenvalue weighted by atomic mass is 79.9. The number of anilines is 1. The summed E-state index contributed by atoms with van der Waals surface area (Å²) < 4.78 is 0.966. The third kappa shape index (κ3) is 3.63. The molecule has 0 atom stereocenters. The van der Waals surface area contributed by atoms with E-state index in [9.17, 15) is 4.79 Å². The van der Waals surface area contributed by atoms with Crippen molar-refractivity contribution in [2.75, 3.05) is 18.0 Å². The van der Waals surface area contributed by atoms with Crippen LogP contribution in [0.25, 0.3) is 0 Å². The molecule has 1 amide bonds. The number of rotatable bonds is 4. The Hall–Kier alpha value is -1.40. The predicted octanol–water partition coefficient (Wildman–Crippen LogP) is 3.44. The summed E-state index contributed by atoms with van der Waals surface area (Å²) in [6, 6.07) is 5.85. The Balaban J connectivity index is 1.62. The number of nitrogens with one attached hydrogen (secondary N) is 1. The van der Waals surface area contributed by atoms with Gasteiger partial charge >= 0.3 is 0 Å². The minimum atomic E-state index is -0.0449. The van der Waals surface area contributed by atoms with Gasteiger partial charge < -0.3 is 10.2 Å². The molecule has 6 heteroatoms. The Bertz CT molecular complexity index is 637. The number of thiophene rings is 1. The molecule has 0 unspecified atom stereocenters. The fraction of sp³-hybridized carbons (Fsp3) is 0.333. The highest BCUT2D eigenvalue weighted by molar-refractivity contribution is 9.11. The molecular formula is C15H16BrN3OS. The maximum atomic E-state index is 12.0. The molecule has 1 fully saturated rings. The average Bonchev–Trinajstić information content (AvgIpc) is 3.16. The van der Waals surface area contributed by atoms with E-state index in [0.717, 1.165) is 28.3 Å². The molecule has 2 aromatic heterocycles. The second-order valence-electron chi connectivity index (χ2n) is 5.04. The third-order valence-electron chi connectivity index (χ3n) is 3.52. The van der Waals surface area contributed by atoms with Crippen LogP contribution in [-0.2, 0) is 6.54 Å². The molecule has 110 valence electrons. The number of hydrogen-bond acceptors (Lipinski definition) is 4. The lowest BCUT2D eigenvalue weighted by molar-refractivity contribution is 0.0951. The molecule has 3 heterocycles. The van der Waals surface area contributed by atoms with Crippen molar-refractivity contribution in [3.05, 3.63) is 44.7 Å². The number of pyridine rings is 1. The fourth-order valence-corrected chi connectivity index (χ4v) is 3.54. The summed E-state index contributed by atoms with van der Waals surface area (Å²) in [5.74, 6) is 0.967. The highest BCUT2D eigenvalue weighted by Crippen LogP contribution is 2.21. The predicted molar refractivity (Wildman–Crippen MR) is 88.9 cm³/mol. The van der Waals surface area contributed by atoms with Crippen molar-refractivity contribution in [2.24, 2.45) is 0 Å². The zero-order valence-corrected chi connectivity index (χ0v) is 13.9. The first kappa shape index (κ1) is 14.5. The first-order valence-electron chi connectivity index (χ1n) is 6.94. The van der Waals surface area contributed by atoms with E-state index in [2.05, 4.69) is 37.2 Å². The molecule has 21 heavy (non-hydrogen) atoms. The molecule has 1 N–H and O–H groups in total. The molecule has 1 aliphatic heterocycles. The number of hydrogen-bond donors (Lipinski definition) is 1. The molecule has 2 aromatic rings. The lowest BCUT2D eigenvalue weighted by atomic mass is 10.2. The van der Waals surface area contributed by atoms with Gasteiger partial charge in [-0.15, -0.1) is 11.3 Å². The first-order valence-corrected chi connectivity index (χ1v) is 8.62. The molecule has 0 radical (unpaired) electrons. The van der Waals surface area contributed by atoms with E-state index in [1.165, 1.54) is 24.2 Å². The van der Waals surface area contributed by atoms with Gasteiger partial charge in [0, 0.05) is 31.2 Å². The maximum Gasteiger partial charge on any atom is 0.252 e. The van der Waals surface area contributed by atoms with Crippen LogP contribution in [0.15, 0.2) is 33.6 Å². The molecule has 0 saturated carbocycles. The quantitative estimate of drug-likeness (QED) is 0.902. The van der Waals surface area contributed by atoms with Crippen molar-refractivity contribution in [3.8, 4) is 0 Å². The van der Waals surface area contributed by atoms with Gasteiger partial charge in [0.25, 0.3) is 5.91 Å². The summed E-state index contributed by atoms with van der Waals surface area (Å²) in [6.07, 6.45) is 4.28. The van der Waals surface area contributed by atoms with Gasteiger partial charge in [-0.25, -0.2) is 4.98 Å². The molecule has 0 bridgehead atoms. The van der Waals surface area contributed by atoms with E-state index in [0.29, 0.717) is 12.1 Å². The highest BCUT2D eigenvalue weighted by Gasteiger charge is 2.14. The van der Waals surface area contributed by atoms with Crippen LogP contribution in [0.1, 0.15) is 28.8 Å². The standard InChI is InChI=1S/C15H16BrN3OS/c16-13-8-12(10-21-13)15(20)18-9-11-3-4-17-14(7-11)19-5-1-2-6-19/h3-4,7-8,10H,1-2,5-6,9H2,(H,18,20). The van der Waals surface area contributed by atoms with E-state index >= 15 is 0 Å². The van der Waals surface area contributed by atoms with Crippen LogP contribution in [0, 0.1) is 0 Å². The largest absolute Gasteiger partial charge is 0.357 e. The Kier molecular flexibility index (Phi) is 4.55. The maximum absolute atomic E-state index is 12.0. The number of carbonyl (C=O) groups excluding carboxylic acids is 1. The van der Waals surface area contributed by atoms with Crippen molar-refractivity contribution >= 4 is 39.0 Å². The van der Waals surface area contributed by atoms with Gasteiger partial charge in [-0.2, -0.15) is 0 Å². The van der Waals surface area contributed by atoms with E-state index in [4.69, 9.17) is 0 Å². The average molecular weight is 366 g/mol.